The summed E-state index contributed by atoms with van der Waals surface area (Å²) in [7, 11) is -1.09. The molecule has 3 heteroatoms. The van der Waals surface area contributed by atoms with E-state index in [0.717, 1.165) is 11.8 Å². The molecular weight excluding hydrogens is 228 g/mol. The van der Waals surface area contributed by atoms with Crippen molar-refractivity contribution in [2.45, 2.75) is 40.0 Å². The van der Waals surface area contributed by atoms with Gasteiger partial charge in [0.2, 0.25) is 0 Å². The van der Waals surface area contributed by atoms with E-state index < -0.39 is 9.04 Å². The lowest BCUT2D eigenvalue weighted by molar-refractivity contribution is 0.0866. The van der Waals surface area contributed by atoms with E-state index in [4.69, 9.17) is 4.43 Å². The maximum absolute atomic E-state index is 10.6. The van der Waals surface area contributed by atoms with Crippen molar-refractivity contribution in [3.8, 4) is 0 Å². The summed E-state index contributed by atoms with van der Waals surface area (Å²) in [6, 6.07) is 7.70. The molecule has 1 aromatic rings. The summed E-state index contributed by atoms with van der Waals surface area (Å²) in [5.41, 5.74) is 1.94. The summed E-state index contributed by atoms with van der Waals surface area (Å²) in [5, 5.41) is 0. The quantitative estimate of drug-likeness (QED) is 0.603. The predicted octanol–water partition coefficient (Wildman–Crippen LogP) is 3.59. The molecule has 0 spiro atoms. The lowest BCUT2D eigenvalue weighted by atomic mass is 9.84. The Morgan fingerprint density at radius 1 is 1.18 bits per heavy atom. The number of rotatable bonds is 4. The number of hydrogen-bond donors (Lipinski definition) is 0. The molecule has 0 aliphatic carbocycles. The van der Waals surface area contributed by atoms with Crippen LogP contribution < -0.4 is 0 Å². The molecule has 1 rings (SSSR count). The maximum Gasteiger partial charge on any atom is 0.171 e. The van der Waals surface area contributed by atoms with Crippen molar-refractivity contribution in [2.24, 2.45) is 5.41 Å². The van der Waals surface area contributed by atoms with Crippen LogP contribution >= 0.6 is 0 Å². The van der Waals surface area contributed by atoms with Gasteiger partial charge in [0.15, 0.2) is 9.04 Å². The molecule has 0 N–H and O–H groups in total. The third-order valence-corrected chi connectivity index (χ3v) is 3.39. The monoisotopic (exact) mass is 250 g/mol. The molecule has 94 valence electrons. The van der Waals surface area contributed by atoms with Gasteiger partial charge in [0, 0.05) is 5.56 Å². The summed E-state index contributed by atoms with van der Waals surface area (Å²) >= 11 is 0. The number of hydrogen-bond acceptors (Lipinski definition) is 2. The Kier molecular flexibility index (Phi) is 4.66. The fourth-order valence-corrected chi connectivity index (χ4v) is 2.91. The SMILES string of the molecule is C[SiH](C)OC(c1ccc(C=O)cc1)C(C)(C)C. The third kappa shape index (κ3) is 4.09. The van der Waals surface area contributed by atoms with Gasteiger partial charge in [-0.25, -0.2) is 0 Å². The van der Waals surface area contributed by atoms with E-state index >= 15 is 0 Å². The van der Waals surface area contributed by atoms with Crippen molar-refractivity contribution in [3.63, 3.8) is 0 Å². The average Bonchev–Trinajstić information content (AvgIpc) is 2.24. The van der Waals surface area contributed by atoms with E-state index in [1.807, 2.05) is 24.3 Å². The lowest BCUT2D eigenvalue weighted by Crippen LogP contribution is -2.25. The second kappa shape index (κ2) is 5.60. The molecule has 0 saturated carbocycles. The van der Waals surface area contributed by atoms with Crippen LogP contribution in [0, 0.1) is 5.41 Å². The molecule has 0 saturated heterocycles. The number of benzene rings is 1. The molecule has 2 nitrogen and oxygen atoms in total. The molecule has 1 unspecified atom stereocenters. The average molecular weight is 250 g/mol. The van der Waals surface area contributed by atoms with Crippen LogP contribution in [-0.4, -0.2) is 15.3 Å². The van der Waals surface area contributed by atoms with Gasteiger partial charge in [-0.1, -0.05) is 45.0 Å². The third-order valence-electron chi connectivity index (χ3n) is 2.57. The standard InChI is InChI=1S/C14H22O2Si/c1-14(2,3)13(16-17(4)5)12-8-6-11(10-15)7-9-12/h6-10,13,17H,1-5H3. The van der Waals surface area contributed by atoms with E-state index in [9.17, 15) is 4.79 Å². The molecule has 0 amide bonds. The molecule has 1 atom stereocenters. The van der Waals surface area contributed by atoms with Crippen LogP contribution in [0.15, 0.2) is 24.3 Å². The van der Waals surface area contributed by atoms with Crippen molar-refractivity contribution in [2.75, 3.05) is 0 Å². The summed E-state index contributed by atoms with van der Waals surface area (Å²) < 4.78 is 6.12. The van der Waals surface area contributed by atoms with Crippen molar-refractivity contribution < 1.29 is 9.22 Å². The maximum atomic E-state index is 10.6. The lowest BCUT2D eigenvalue weighted by Gasteiger charge is -2.33. The molecular formula is C14H22O2Si. The topological polar surface area (TPSA) is 26.3 Å². The highest BCUT2D eigenvalue weighted by Gasteiger charge is 2.27. The van der Waals surface area contributed by atoms with Gasteiger partial charge in [-0.15, -0.1) is 0 Å². The molecule has 0 radical (unpaired) electrons. The van der Waals surface area contributed by atoms with E-state index in [0.29, 0.717) is 5.56 Å². The Hall–Kier alpha value is -0.933. The molecule has 0 heterocycles. The Morgan fingerprint density at radius 2 is 1.71 bits per heavy atom. The normalized spacial score (nSPS) is 13.8. The van der Waals surface area contributed by atoms with E-state index in [-0.39, 0.29) is 11.5 Å². The zero-order chi connectivity index (χ0) is 13.1. The Bertz CT molecular complexity index is 363. The molecule has 0 aliphatic rings. The highest BCUT2D eigenvalue weighted by molar-refractivity contribution is 6.48. The number of carbonyl (C=O) groups is 1. The molecule has 0 aliphatic heterocycles. The predicted molar refractivity (Wildman–Crippen MR) is 74.0 cm³/mol. The van der Waals surface area contributed by atoms with Crippen LogP contribution in [0.3, 0.4) is 0 Å². The Morgan fingerprint density at radius 3 is 2.06 bits per heavy atom. The summed E-state index contributed by atoms with van der Waals surface area (Å²) in [5.74, 6) is 0. The van der Waals surface area contributed by atoms with E-state index in [2.05, 4.69) is 33.9 Å². The number of carbonyl (C=O) groups excluding carboxylic acids is 1. The first-order chi connectivity index (χ1) is 7.84. The fraction of sp³-hybridized carbons (Fsp3) is 0.500. The van der Waals surface area contributed by atoms with Gasteiger partial charge in [0.1, 0.15) is 6.29 Å². The minimum absolute atomic E-state index is 0.0694. The van der Waals surface area contributed by atoms with Crippen molar-refractivity contribution >= 4 is 15.3 Å². The molecule has 0 fully saturated rings. The summed E-state index contributed by atoms with van der Waals surface area (Å²) in [6.45, 7) is 10.9. The minimum Gasteiger partial charge on any atom is -0.413 e. The molecule has 0 aromatic heterocycles. The van der Waals surface area contributed by atoms with E-state index in [1.165, 1.54) is 0 Å². The first-order valence-corrected chi connectivity index (χ1v) is 8.83. The van der Waals surface area contributed by atoms with Gasteiger partial charge in [-0.3, -0.25) is 4.79 Å². The van der Waals surface area contributed by atoms with Crippen LogP contribution in [0.2, 0.25) is 13.1 Å². The van der Waals surface area contributed by atoms with Crippen LogP contribution in [0.4, 0.5) is 0 Å². The highest BCUT2D eigenvalue weighted by Crippen LogP contribution is 2.36. The van der Waals surface area contributed by atoms with Gasteiger partial charge >= 0.3 is 0 Å². The van der Waals surface area contributed by atoms with Crippen LogP contribution in [0.5, 0.6) is 0 Å². The fourth-order valence-electron chi connectivity index (χ4n) is 1.80. The first-order valence-electron chi connectivity index (χ1n) is 6.05. The molecule has 0 bridgehead atoms. The molecule has 17 heavy (non-hydrogen) atoms. The van der Waals surface area contributed by atoms with Crippen LogP contribution in [0.25, 0.3) is 0 Å². The zero-order valence-corrected chi connectivity index (χ0v) is 12.5. The smallest absolute Gasteiger partial charge is 0.171 e. The van der Waals surface area contributed by atoms with Crippen molar-refractivity contribution in [1.82, 2.24) is 0 Å². The second-order valence-corrected chi connectivity index (χ2v) is 8.09. The van der Waals surface area contributed by atoms with Crippen LogP contribution in [-0.2, 0) is 4.43 Å². The van der Waals surface area contributed by atoms with Gasteiger partial charge in [-0.2, -0.15) is 0 Å². The van der Waals surface area contributed by atoms with E-state index in [1.54, 1.807) is 0 Å². The Labute approximate surface area is 106 Å². The summed E-state index contributed by atoms with van der Waals surface area (Å²) in [4.78, 5) is 10.6. The number of aldehydes is 1. The van der Waals surface area contributed by atoms with Crippen LogP contribution in [0.1, 0.15) is 42.8 Å². The Balaban J connectivity index is 3.00. The van der Waals surface area contributed by atoms with Crippen molar-refractivity contribution in [1.29, 1.82) is 0 Å². The largest absolute Gasteiger partial charge is 0.413 e. The van der Waals surface area contributed by atoms with Crippen molar-refractivity contribution in [3.05, 3.63) is 35.4 Å². The highest BCUT2D eigenvalue weighted by atomic mass is 28.3. The summed E-state index contributed by atoms with van der Waals surface area (Å²) in [6.07, 6.45) is 0.975. The van der Waals surface area contributed by atoms with Gasteiger partial charge < -0.3 is 4.43 Å². The first kappa shape index (κ1) is 14.1. The van der Waals surface area contributed by atoms with Gasteiger partial charge in [0.25, 0.3) is 0 Å². The zero-order valence-electron chi connectivity index (χ0n) is 11.4. The second-order valence-electron chi connectivity index (χ2n) is 5.72. The van der Waals surface area contributed by atoms with Gasteiger partial charge in [-0.05, 0) is 24.1 Å². The minimum atomic E-state index is -1.09. The molecule has 1 aromatic carbocycles. The van der Waals surface area contributed by atoms with Gasteiger partial charge in [0.05, 0.1) is 6.10 Å².